The van der Waals surface area contributed by atoms with E-state index in [1.807, 2.05) is 12.1 Å². The Hall–Kier alpha value is -1.92. The third-order valence-electron chi connectivity index (χ3n) is 5.50. The molecule has 5 nitrogen and oxygen atoms in total. The van der Waals surface area contributed by atoms with Crippen molar-refractivity contribution < 1.29 is 0 Å². The third-order valence-corrected chi connectivity index (χ3v) is 5.90. The minimum atomic E-state index is -0.0343. The number of aromatic nitrogens is 1. The van der Waals surface area contributed by atoms with Crippen molar-refractivity contribution in [3.8, 4) is 0 Å². The Morgan fingerprint density at radius 1 is 1.13 bits per heavy atom. The molecule has 0 bridgehead atoms. The van der Waals surface area contributed by atoms with Crippen LogP contribution in [0.15, 0.2) is 23.0 Å². The topological polar surface area (TPSA) is 51.4 Å². The zero-order valence-electron chi connectivity index (χ0n) is 19.5. The summed E-state index contributed by atoms with van der Waals surface area (Å²) in [6, 6.07) is 6.22. The highest BCUT2D eigenvalue weighted by atomic mass is 32.1. The maximum Gasteiger partial charge on any atom is 0.253 e. The average Bonchev–Trinajstić information content (AvgIpc) is 2.69. The molecule has 30 heavy (non-hydrogen) atoms. The van der Waals surface area contributed by atoms with Crippen molar-refractivity contribution in [3.63, 3.8) is 0 Å². The van der Waals surface area contributed by atoms with E-state index < -0.39 is 0 Å². The number of thiocarbonyl (C=S) groups is 1. The summed E-state index contributed by atoms with van der Waals surface area (Å²) < 4.78 is 0. The van der Waals surface area contributed by atoms with Crippen LogP contribution in [0.5, 0.6) is 0 Å². The van der Waals surface area contributed by atoms with Crippen LogP contribution in [0.4, 0.5) is 0 Å². The van der Waals surface area contributed by atoms with Gasteiger partial charge in [0.25, 0.3) is 5.56 Å². The summed E-state index contributed by atoms with van der Waals surface area (Å²) >= 11 is 5.70. The fourth-order valence-corrected chi connectivity index (χ4v) is 3.96. The van der Waals surface area contributed by atoms with Gasteiger partial charge in [-0.3, -0.25) is 4.79 Å². The van der Waals surface area contributed by atoms with E-state index in [1.54, 1.807) is 0 Å². The van der Waals surface area contributed by atoms with E-state index in [9.17, 15) is 4.79 Å². The molecule has 6 heteroatoms. The normalized spacial score (nSPS) is 11.5. The molecule has 0 aliphatic rings. The molecule has 0 saturated heterocycles. The second-order valence-electron chi connectivity index (χ2n) is 8.55. The maximum atomic E-state index is 12.8. The van der Waals surface area contributed by atoms with Crippen molar-refractivity contribution in [1.29, 1.82) is 0 Å². The van der Waals surface area contributed by atoms with Gasteiger partial charge in [-0.05, 0) is 81.3 Å². The molecule has 0 unspecified atom stereocenters. The van der Waals surface area contributed by atoms with Crippen LogP contribution in [0.2, 0.25) is 0 Å². The van der Waals surface area contributed by atoms with Gasteiger partial charge < -0.3 is 20.1 Å². The Balaban J connectivity index is 2.24. The Morgan fingerprint density at radius 3 is 2.47 bits per heavy atom. The molecule has 0 radical (unpaired) electrons. The van der Waals surface area contributed by atoms with Gasteiger partial charge in [0.1, 0.15) is 0 Å². The lowest BCUT2D eigenvalue weighted by Crippen LogP contribution is -2.42. The lowest BCUT2D eigenvalue weighted by Gasteiger charge is -2.28. The summed E-state index contributed by atoms with van der Waals surface area (Å²) in [7, 11) is 0. The van der Waals surface area contributed by atoms with Gasteiger partial charge in [0.2, 0.25) is 0 Å². The molecule has 1 aromatic heterocycles. The van der Waals surface area contributed by atoms with E-state index in [0.717, 1.165) is 66.3 Å². The van der Waals surface area contributed by atoms with Crippen molar-refractivity contribution in [2.24, 2.45) is 5.92 Å². The van der Waals surface area contributed by atoms with Gasteiger partial charge in [-0.1, -0.05) is 33.8 Å². The smallest absolute Gasteiger partial charge is 0.253 e. The number of pyridine rings is 1. The molecule has 0 aliphatic carbocycles. The standard InChI is InChI=1S/C24H38N4OS/c1-7-27(8-2)10-9-11-28(24(30)25-15-17(3)4)16-20-14-21-19(6)12-18(5)13-22(21)26-23(20)29/h12-14,17H,7-11,15-16H2,1-6H3,(H,25,30)(H,26,29). The molecule has 0 atom stereocenters. The average molecular weight is 431 g/mol. The minimum absolute atomic E-state index is 0.0343. The largest absolute Gasteiger partial charge is 0.362 e. The maximum absolute atomic E-state index is 12.8. The van der Waals surface area contributed by atoms with Crippen molar-refractivity contribution >= 4 is 28.2 Å². The van der Waals surface area contributed by atoms with Crippen LogP contribution in [0.25, 0.3) is 10.9 Å². The van der Waals surface area contributed by atoms with Gasteiger partial charge in [0.05, 0.1) is 6.54 Å². The monoisotopic (exact) mass is 430 g/mol. The molecule has 0 saturated carbocycles. The van der Waals surface area contributed by atoms with E-state index in [2.05, 4.69) is 67.7 Å². The van der Waals surface area contributed by atoms with Gasteiger partial charge in [0, 0.05) is 29.6 Å². The van der Waals surface area contributed by atoms with Crippen molar-refractivity contribution in [2.45, 2.75) is 54.5 Å². The number of benzene rings is 1. The number of aromatic amines is 1. The molecule has 2 rings (SSSR count). The number of fused-ring (bicyclic) bond motifs is 1. The van der Waals surface area contributed by atoms with Crippen LogP contribution >= 0.6 is 12.2 Å². The molecular weight excluding hydrogens is 392 g/mol. The number of nitrogens with one attached hydrogen (secondary N) is 2. The van der Waals surface area contributed by atoms with E-state index >= 15 is 0 Å². The van der Waals surface area contributed by atoms with Gasteiger partial charge >= 0.3 is 0 Å². The predicted molar refractivity (Wildman–Crippen MR) is 132 cm³/mol. The van der Waals surface area contributed by atoms with Gasteiger partial charge in [-0.25, -0.2) is 0 Å². The summed E-state index contributed by atoms with van der Waals surface area (Å²) in [5.74, 6) is 0.510. The second-order valence-corrected chi connectivity index (χ2v) is 8.94. The highest BCUT2D eigenvalue weighted by Crippen LogP contribution is 2.19. The number of rotatable bonds is 10. The molecule has 0 fully saturated rings. The van der Waals surface area contributed by atoms with Crippen LogP contribution in [0.1, 0.15) is 50.8 Å². The number of H-pyrrole nitrogens is 1. The summed E-state index contributed by atoms with van der Waals surface area (Å²) in [4.78, 5) is 20.4. The first kappa shape index (κ1) is 24.4. The first-order chi connectivity index (χ1) is 14.2. The van der Waals surface area contributed by atoms with E-state index in [1.165, 1.54) is 5.56 Å². The third kappa shape index (κ3) is 6.81. The van der Waals surface area contributed by atoms with Crippen molar-refractivity contribution in [1.82, 2.24) is 20.1 Å². The molecule has 1 aromatic carbocycles. The SMILES string of the molecule is CCN(CC)CCCN(Cc1cc2c(C)cc(C)cc2[nH]c1=O)C(=S)NCC(C)C. The summed E-state index contributed by atoms with van der Waals surface area (Å²) in [6.07, 6.45) is 1.01. The first-order valence-electron chi connectivity index (χ1n) is 11.1. The van der Waals surface area contributed by atoms with Crippen LogP contribution in [-0.4, -0.2) is 52.6 Å². The Labute approximate surface area is 186 Å². The van der Waals surface area contributed by atoms with E-state index in [-0.39, 0.29) is 5.56 Å². The van der Waals surface area contributed by atoms with Crippen LogP contribution in [0, 0.1) is 19.8 Å². The van der Waals surface area contributed by atoms with E-state index in [0.29, 0.717) is 12.5 Å². The van der Waals surface area contributed by atoms with Crippen LogP contribution in [0.3, 0.4) is 0 Å². The lowest BCUT2D eigenvalue weighted by atomic mass is 10.0. The molecule has 2 aromatic rings. The Kier molecular flexibility index (Phi) is 9.31. The van der Waals surface area contributed by atoms with Crippen LogP contribution < -0.4 is 10.9 Å². The molecule has 1 heterocycles. The number of hydrogen-bond acceptors (Lipinski definition) is 3. The Morgan fingerprint density at radius 2 is 1.83 bits per heavy atom. The number of aryl methyl sites for hydroxylation is 2. The zero-order valence-corrected chi connectivity index (χ0v) is 20.3. The summed E-state index contributed by atoms with van der Waals surface area (Å²) in [6.45, 7) is 18.2. The summed E-state index contributed by atoms with van der Waals surface area (Å²) in [5.41, 5.74) is 3.95. The first-order valence-corrected chi connectivity index (χ1v) is 11.5. The molecular formula is C24H38N4OS. The molecule has 0 spiro atoms. The summed E-state index contributed by atoms with van der Waals surface area (Å²) in [5, 5.41) is 5.20. The zero-order chi connectivity index (χ0) is 22.3. The van der Waals surface area contributed by atoms with Gasteiger partial charge in [0.15, 0.2) is 5.11 Å². The van der Waals surface area contributed by atoms with Crippen molar-refractivity contribution in [2.75, 3.05) is 32.7 Å². The van der Waals surface area contributed by atoms with Gasteiger partial charge in [-0.2, -0.15) is 0 Å². The highest BCUT2D eigenvalue weighted by molar-refractivity contribution is 7.80. The second kappa shape index (κ2) is 11.5. The number of nitrogens with zero attached hydrogens (tertiary/aromatic N) is 2. The quantitative estimate of drug-likeness (QED) is 0.553. The fraction of sp³-hybridized carbons (Fsp3) is 0.583. The molecule has 0 aliphatic heterocycles. The highest BCUT2D eigenvalue weighted by Gasteiger charge is 2.15. The van der Waals surface area contributed by atoms with Crippen LogP contribution in [-0.2, 0) is 6.54 Å². The van der Waals surface area contributed by atoms with Crippen molar-refractivity contribution in [3.05, 3.63) is 45.2 Å². The number of hydrogen-bond donors (Lipinski definition) is 2. The fourth-order valence-electron chi connectivity index (χ4n) is 3.72. The van der Waals surface area contributed by atoms with Gasteiger partial charge in [-0.15, -0.1) is 0 Å². The van der Waals surface area contributed by atoms with E-state index in [4.69, 9.17) is 12.2 Å². The molecule has 166 valence electrons. The molecule has 2 N–H and O–H groups in total. The Bertz CT molecular complexity index is 902. The molecule has 0 amide bonds. The predicted octanol–water partition coefficient (Wildman–Crippen LogP) is 4.21. The lowest BCUT2D eigenvalue weighted by molar-refractivity contribution is 0.279. The minimum Gasteiger partial charge on any atom is -0.362 e.